The van der Waals surface area contributed by atoms with E-state index in [1.54, 1.807) is 5.57 Å². The van der Waals surface area contributed by atoms with Gasteiger partial charge in [-0.05, 0) is 91.3 Å². The number of carbonyl (C=O) groups is 2. The standard InChI is InChI=1S/C30H46O3/c1-18(16-20-17-19(2)26(32)33-20)21-10-14-30(7)23-8-9-24-27(3,4)25(31)12-13-28(24,5)22(23)11-15-29(21,30)6/h8,18-22,24H,9-17H2,1-7H3. The molecule has 9 atom stereocenters. The quantitative estimate of drug-likeness (QED) is 0.336. The Hall–Kier alpha value is -1.12. The summed E-state index contributed by atoms with van der Waals surface area (Å²) in [4.78, 5) is 24.8. The number of cyclic esters (lactones) is 1. The maximum absolute atomic E-state index is 12.8. The molecule has 0 radical (unpaired) electrons. The van der Waals surface area contributed by atoms with Crippen LogP contribution in [0.1, 0.15) is 106 Å². The molecule has 184 valence electrons. The fourth-order valence-electron chi connectivity index (χ4n) is 10.0. The lowest BCUT2D eigenvalue weighted by molar-refractivity contribution is -0.147. The number of hydrogen-bond acceptors (Lipinski definition) is 3. The van der Waals surface area contributed by atoms with Gasteiger partial charge in [-0.1, -0.05) is 60.1 Å². The van der Waals surface area contributed by atoms with Crippen LogP contribution >= 0.6 is 0 Å². The third kappa shape index (κ3) is 3.12. The second-order valence-electron chi connectivity index (χ2n) is 14.0. The van der Waals surface area contributed by atoms with E-state index >= 15 is 0 Å². The van der Waals surface area contributed by atoms with Gasteiger partial charge in [0.15, 0.2) is 0 Å². The van der Waals surface area contributed by atoms with E-state index in [0.29, 0.717) is 34.9 Å². The fourth-order valence-corrected chi connectivity index (χ4v) is 10.0. The summed E-state index contributed by atoms with van der Waals surface area (Å²) in [5, 5.41) is 0. The lowest BCUT2D eigenvalue weighted by Gasteiger charge is -2.63. The molecular formula is C30H46O3. The van der Waals surface area contributed by atoms with Crippen LogP contribution in [0.2, 0.25) is 0 Å². The molecule has 0 aromatic carbocycles. The molecule has 3 heteroatoms. The van der Waals surface area contributed by atoms with Crippen molar-refractivity contribution in [2.24, 2.45) is 51.2 Å². The molecule has 5 rings (SSSR count). The van der Waals surface area contributed by atoms with Gasteiger partial charge in [-0.3, -0.25) is 9.59 Å². The van der Waals surface area contributed by atoms with Gasteiger partial charge in [0, 0.05) is 11.8 Å². The number of Topliss-reactive ketones (excluding diaryl/α,β-unsaturated/α-hetero) is 1. The summed E-state index contributed by atoms with van der Waals surface area (Å²) >= 11 is 0. The van der Waals surface area contributed by atoms with Crippen molar-refractivity contribution >= 4 is 11.8 Å². The Labute approximate surface area is 201 Å². The second kappa shape index (κ2) is 7.44. The molecular weight excluding hydrogens is 408 g/mol. The van der Waals surface area contributed by atoms with Crippen molar-refractivity contribution in [1.82, 2.24) is 0 Å². The van der Waals surface area contributed by atoms with Gasteiger partial charge in [-0.25, -0.2) is 0 Å². The van der Waals surface area contributed by atoms with E-state index in [2.05, 4.69) is 47.6 Å². The largest absolute Gasteiger partial charge is 0.462 e. The lowest BCUT2D eigenvalue weighted by atomic mass is 9.41. The first kappa shape index (κ1) is 23.6. The van der Waals surface area contributed by atoms with E-state index in [1.807, 2.05) is 6.92 Å². The Morgan fingerprint density at radius 1 is 1.06 bits per heavy atom. The SMILES string of the molecule is CC1CC(CC(C)C2CCC3(C)C4=CCC5C(C)(C)C(=O)CCC5(C)C4CCC23C)OC1=O. The van der Waals surface area contributed by atoms with Crippen molar-refractivity contribution in [3.05, 3.63) is 11.6 Å². The molecule has 9 unspecified atom stereocenters. The predicted molar refractivity (Wildman–Crippen MR) is 131 cm³/mol. The summed E-state index contributed by atoms with van der Waals surface area (Å²) in [6.07, 6.45) is 12.7. The Kier molecular flexibility index (Phi) is 5.32. The number of hydrogen-bond donors (Lipinski definition) is 0. The van der Waals surface area contributed by atoms with E-state index in [4.69, 9.17) is 4.74 Å². The molecule has 33 heavy (non-hydrogen) atoms. The summed E-state index contributed by atoms with van der Waals surface area (Å²) in [7, 11) is 0. The van der Waals surface area contributed by atoms with E-state index in [-0.39, 0.29) is 34.2 Å². The van der Waals surface area contributed by atoms with Crippen molar-refractivity contribution in [3.63, 3.8) is 0 Å². The molecule has 1 aliphatic heterocycles. The zero-order valence-corrected chi connectivity index (χ0v) is 22.1. The molecule has 5 aliphatic rings. The summed E-state index contributed by atoms with van der Waals surface area (Å²) in [6, 6.07) is 0. The van der Waals surface area contributed by atoms with Crippen LogP contribution in [0.25, 0.3) is 0 Å². The third-order valence-electron chi connectivity index (χ3n) is 12.3. The number of allylic oxidation sites excluding steroid dienone is 2. The van der Waals surface area contributed by atoms with Crippen LogP contribution < -0.4 is 0 Å². The van der Waals surface area contributed by atoms with Crippen molar-refractivity contribution in [2.45, 2.75) is 112 Å². The molecule has 1 heterocycles. The maximum atomic E-state index is 12.8. The van der Waals surface area contributed by atoms with Gasteiger partial charge < -0.3 is 4.74 Å². The van der Waals surface area contributed by atoms with Gasteiger partial charge in [-0.15, -0.1) is 0 Å². The van der Waals surface area contributed by atoms with Gasteiger partial charge in [0.25, 0.3) is 0 Å². The third-order valence-corrected chi connectivity index (χ3v) is 12.3. The van der Waals surface area contributed by atoms with Gasteiger partial charge >= 0.3 is 5.97 Å². The predicted octanol–water partition coefficient (Wildman–Crippen LogP) is 7.14. The highest BCUT2D eigenvalue weighted by Crippen LogP contribution is 2.73. The first-order chi connectivity index (χ1) is 15.3. The normalized spacial score (nSPS) is 49.5. The number of fused-ring (bicyclic) bond motifs is 5. The number of ketones is 1. The molecule has 4 fully saturated rings. The highest BCUT2D eigenvalue weighted by atomic mass is 16.5. The number of ether oxygens (including phenoxy) is 1. The monoisotopic (exact) mass is 454 g/mol. The smallest absolute Gasteiger partial charge is 0.309 e. The van der Waals surface area contributed by atoms with Gasteiger partial charge in [0.1, 0.15) is 11.9 Å². The molecule has 0 aromatic heterocycles. The first-order valence-corrected chi connectivity index (χ1v) is 13.8. The average Bonchev–Trinajstić information content (AvgIpc) is 3.20. The number of carbonyl (C=O) groups excluding carboxylic acids is 2. The number of esters is 1. The molecule has 0 N–H and O–H groups in total. The van der Waals surface area contributed by atoms with Gasteiger partial charge in [-0.2, -0.15) is 0 Å². The summed E-state index contributed by atoms with van der Waals surface area (Å²) in [5.74, 6) is 2.92. The minimum atomic E-state index is -0.195. The maximum Gasteiger partial charge on any atom is 0.309 e. The molecule has 0 amide bonds. The van der Waals surface area contributed by atoms with Crippen LogP contribution in [0, 0.1) is 51.2 Å². The summed E-state index contributed by atoms with van der Waals surface area (Å²) in [6.45, 7) is 16.6. The highest BCUT2D eigenvalue weighted by molar-refractivity contribution is 5.85. The van der Waals surface area contributed by atoms with Crippen LogP contribution in [0.4, 0.5) is 0 Å². The Morgan fingerprint density at radius 3 is 2.45 bits per heavy atom. The Balaban J connectivity index is 1.41. The van der Waals surface area contributed by atoms with Crippen molar-refractivity contribution in [2.75, 3.05) is 0 Å². The molecule has 0 aromatic rings. The van der Waals surface area contributed by atoms with E-state index in [0.717, 1.165) is 32.1 Å². The molecule has 0 bridgehead atoms. The molecule has 3 nitrogen and oxygen atoms in total. The van der Waals surface area contributed by atoms with Crippen LogP contribution in [0.5, 0.6) is 0 Å². The van der Waals surface area contributed by atoms with Crippen molar-refractivity contribution < 1.29 is 14.3 Å². The zero-order chi connectivity index (χ0) is 24.0. The van der Waals surface area contributed by atoms with Crippen LogP contribution in [0.3, 0.4) is 0 Å². The molecule has 4 aliphatic carbocycles. The molecule has 0 spiro atoms. The zero-order valence-electron chi connectivity index (χ0n) is 22.1. The summed E-state index contributed by atoms with van der Waals surface area (Å²) in [5.41, 5.74) is 2.37. The lowest BCUT2D eigenvalue weighted by Crippen LogP contribution is -2.57. The Morgan fingerprint density at radius 2 is 1.79 bits per heavy atom. The molecule has 1 saturated heterocycles. The number of rotatable bonds is 3. The fraction of sp³-hybridized carbons (Fsp3) is 0.867. The van der Waals surface area contributed by atoms with Gasteiger partial charge in [0.05, 0.1) is 5.92 Å². The van der Waals surface area contributed by atoms with E-state index < -0.39 is 0 Å². The van der Waals surface area contributed by atoms with Crippen molar-refractivity contribution in [3.8, 4) is 0 Å². The van der Waals surface area contributed by atoms with Crippen LogP contribution in [-0.4, -0.2) is 17.9 Å². The van der Waals surface area contributed by atoms with Crippen molar-refractivity contribution in [1.29, 1.82) is 0 Å². The van der Waals surface area contributed by atoms with E-state index in [1.165, 1.54) is 25.7 Å². The minimum absolute atomic E-state index is 0.000716. The van der Waals surface area contributed by atoms with E-state index in [9.17, 15) is 9.59 Å². The first-order valence-electron chi connectivity index (χ1n) is 13.8. The minimum Gasteiger partial charge on any atom is -0.462 e. The van der Waals surface area contributed by atoms with Crippen LogP contribution in [0.15, 0.2) is 11.6 Å². The molecule has 3 saturated carbocycles. The van der Waals surface area contributed by atoms with Gasteiger partial charge in [0.2, 0.25) is 0 Å². The second-order valence-corrected chi connectivity index (χ2v) is 14.0. The average molecular weight is 455 g/mol. The highest BCUT2D eigenvalue weighted by Gasteiger charge is 2.65. The topological polar surface area (TPSA) is 43.4 Å². The van der Waals surface area contributed by atoms with Crippen LogP contribution in [-0.2, 0) is 14.3 Å². The summed E-state index contributed by atoms with van der Waals surface area (Å²) < 4.78 is 5.71. The Bertz CT molecular complexity index is 885.